The van der Waals surface area contributed by atoms with E-state index in [1.807, 2.05) is 19.9 Å². The summed E-state index contributed by atoms with van der Waals surface area (Å²) < 4.78 is 24.7. The predicted octanol–water partition coefficient (Wildman–Crippen LogP) is 5.18. The van der Waals surface area contributed by atoms with E-state index in [1.165, 1.54) is 12.3 Å². The number of rotatable bonds is 5. The molecule has 0 radical (unpaired) electrons. The summed E-state index contributed by atoms with van der Waals surface area (Å²) in [4.78, 5) is 35.4. The van der Waals surface area contributed by atoms with Crippen LogP contribution >= 0.6 is 11.6 Å². The summed E-state index contributed by atoms with van der Waals surface area (Å²) in [7, 11) is 0. The molecule has 4 aromatic heterocycles. The number of anilines is 1. The number of benzene rings is 1. The number of fused-ring (bicyclic) bond motifs is 1. The molecule has 0 aliphatic heterocycles. The first-order valence-electron chi connectivity index (χ1n) is 10.9. The minimum absolute atomic E-state index is 0.106. The highest BCUT2D eigenvalue weighted by molar-refractivity contribution is 6.29. The van der Waals surface area contributed by atoms with Gasteiger partial charge in [0.2, 0.25) is 5.82 Å². The number of nitrogens with one attached hydrogen (secondary N) is 2. The van der Waals surface area contributed by atoms with E-state index >= 15 is 0 Å². The zero-order valence-corrected chi connectivity index (χ0v) is 20.1. The SMILES string of the molecule is Cc1cc(C(C)Nc2ccc(Cl)nc2-c2noc(=O)[nH]2)c2oc(-c3cncc(F)c3)c(C)c(=O)c2c1. The molecular weight excluding hydrogens is 489 g/mol. The van der Waals surface area contributed by atoms with Gasteiger partial charge in [0.25, 0.3) is 0 Å². The first-order chi connectivity index (χ1) is 17.2. The fourth-order valence-electron chi connectivity index (χ4n) is 4.08. The first kappa shape index (κ1) is 23.4. The Balaban J connectivity index is 1.65. The van der Waals surface area contributed by atoms with E-state index in [2.05, 4.69) is 29.9 Å². The van der Waals surface area contributed by atoms with Gasteiger partial charge < -0.3 is 9.73 Å². The Morgan fingerprint density at radius 1 is 1.14 bits per heavy atom. The van der Waals surface area contributed by atoms with Crippen molar-refractivity contribution in [3.8, 4) is 22.8 Å². The molecule has 0 aliphatic rings. The normalized spacial score (nSPS) is 12.1. The molecule has 0 saturated heterocycles. The standard InChI is InChI=1S/C25H19ClFN5O4/c1-11-6-16(13(3)29-18-4-5-19(26)30-20(18)24-31-25(34)36-32-24)23-17(7-11)21(33)12(2)22(35-23)14-8-15(27)10-28-9-14/h4-10,13,29H,1-3H3,(H,31,32,34). The van der Waals surface area contributed by atoms with Gasteiger partial charge in [-0.25, -0.2) is 14.2 Å². The highest BCUT2D eigenvalue weighted by Gasteiger charge is 2.21. The van der Waals surface area contributed by atoms with Crippen molar-refractivity contribution < 1.29 is 13.3 Å². The van der Waals surface area contributed by atoms with Gasteiger partial charge in [-0.15, -0.1) is 0 Å². The van der Waals surface area contributed by atoms with Crippen molar-refractivity contribution in [3.05, 3.63) is 91.2 Å². The molecule has 0 aliphatic carbocycles. The van der Waals surface area contributed by atoms with Crippen molar-refractivity contribution in [2.75, 3.05) is 5.32 Å². The number of H-pyrrole nitrogens is 1. The Morgan fingerprint density at radius 2 is 1.94 bits per heavy atom. The topological polar surface area (TPSA) is 127 Å². The molecule has 11 heteroatoms. The molecule has 1 atom stereocenters. The minimum Gasteiger partial charge on any atom is -0.455 e. The second kappa shape index (κ2) is 9.04. The Morgan fingerprint density at radius 3 is 2.67 bits per heavy atom. The van der Waals surface area contributed by atoms with Crippen LogP contribution in [0.25, 0.3) is 33.8 Å². The van der Waals surface area contributed by atoms with Gasteiger partial charge in [0.15, 0.2) is 5.43 Å². The smallest absolute Gasteiger partial charge is 0.439 e. The number of aryl methyl sites for hydroxylation is 1. The van der Waals surface area contributed by atoms with Crippen LogP contribution in [0.1, 0.15) is 29.7 Å². The monoisotopic (exact) mass is 507 g/mol. The lowest BCUT2D eigenvalue weighted by molar-refractivity contribution is 0.388. The van der Waals surface area contributed by atoms with Crippen LogP contribution in [0, 0.1) is 19.7 Å². The number of aromatic nitrogens is 4. The van der Waals surface area contributed by atoms with Crippen molar-refractivity contribution in [2.24, 2.45) is 0 Å². The second-order valence-corrected chi connectivity index (χ2v) is 8.74. The minimum atomic E-state index is -0.730. The van der Waals surface area contributed by atoms with E-state index in [9.17, 15) is 14.0 Å². The molecule has 1 aromatic carbocycles. The summed E-state index contributed by atoms with van der Waals surface area (Å²) in [6.45, 7) is 5.39. The zero-order chi connectivity index (χ0) is 25.6. The van der Waals surface area contributed by atoms with E-state index in [0.717, 1.165) is 11.8 Å². The summed E-state index contributed by atoms with van der Waals surface area (Å²) >= 11 is 6.07. The molecule has 0 amide bonds. The van der Waals surface area contributed by atoms with Crippen molar-refractivity contribution in [3.63, 3.8) is 0 Å². The average molecular weight is 508 g/mol. The molecular formula is C25H19ClFN5O4. The van der Waals surface area contributed by atoms with Crippen molar-refractivity contribution in [1.82, 2.24) is 20.1 Å². The molecule has 182 valence electrons. The van der Waals surface area contributed by atoms with Crippen molar-refractivity contribution >= 4 is 28.3 Å². The van der Waals surface area contributed by atoms with E-state index in [1.54, 1.807) is 25.1 Å². The van der Waals surface area contributed by atoms with Crippen LogP contribution in [-0.2, 0) is 0 Å². The molecule has 36 heavy (non-hydrogen) atoms. The van der Waals surface area contributed by atoms with Crippen LogP contribution in [0.15, 0.2) is 61.3 Å². The number of aromatic amines is 1. The molecule has 0 spiro atoms. The van der Waals surface area contributed by atoms with Gasteiger partial charge in [-0.3, -0.25) is 19.3 Å². The molecule has 2 N–H and O–H groups in total. The quantitative estimate of drug-likeness (QED) is 0.312. The molecule has 0 saturated carbocycles. The summed E-state index contributed by atoms with van der Waals surface area (Å²) in [5.74, 6) is -0.922. The molecule has 0 fully saturated rings. The Bertz CT molecular complexity index is 1740. The third kappa shape index (κ3) is 4.27. The lowest BCUT2D eigenvalue weighted by Gasteiger charge is -2.20. The molecule has 0 bridgehead atoms. The maximum atomic E-state index is 13.9. The maximum absolute atomic E-state index is 13.9. The van der Waals surface area contributed by atoms with E-state index in [4.69, 9.17) is 16.0 Å². The highest BCUT2D eigenvalue weighted by atomic mass is 35.5. The fourth-order valence-corrected chi connectivity index (χ4v) is 4.22. The van der Waals surface area contributed by atoms with E-state index < -0.39 is 17.6 Å². The second-order valence-electron chi connectivity index (χ2n) is 8.35. The molecule has 4 heterocycles. The van der Waals surface area contributed by atoms with Gasteiger partial charge in [-0.05, 0) is 50.6 Å². The maximum Gasteiger partial charge on any atom is 0.439 e. The van der Waals surface area contributed by atoms with Gasteiger partial charge in [0.1, 0.15) is 28.0 Å². The van der Waals surface area contributed by atoms with E-state index in [0.29, 0.717) is 33.3 Å². The third-order valence-corrected chi connectivity index (χ3v) is 5.93. The summed E-state index contributed by atoms with van der Waals surface area (Å²) in [6.07, 6.45) is 2.53. The summed E-state index contributed by atoms with van der Waals surface area (Å²) in [5, 5.41) is 7.63. The Labute approximate surface area is 208 Å². The van der Waals surface area contributed by atoms with Crippen LogP contribution in [0.3, 0.4) is 0 Å². The van der Waals surface area contributed by atoms with Crippen LogP contribution < -0.4 is 16.5 Å². The average Bonchev–Trinajstić information content (AvgIpc) is 3.28. The number of nitrogens with zero attached hydrogens (tertiary/aromatic N) is 3. The first-order valence-corrected chi connectivity index (χ1v) is 11.3. The Kier molecular flexibility index (Phi) is 5.89. The number of hydrogen-bond donors (Lipinski definition) is 2. The van der Waals surface area contributed by atoms with Gasteiger partial charge in [0.05, 0.1) is 23.3 Å². The van der Waals surface area contributed by atoms with Gasteiger partial charge in [0, 0.05) is 22.9 Å². The molecule has 5 rings (SSSR count). The van der Waals surface area contributed by atoms with Crippen LogP contribution in [-0.4, -0.2) is 20.1 Å². The molecule has 5 aromatic rings. The van der Waals surface area contributed by atoms with Crippen LogP contribution in [0.2, 0.25) is 5.15 Å². The van der Waals surface area contributed by atoms with Gasteiger partial charge in [-0.2, -0.15) is 0 Å². The van der Waals surface area contributed by atoms with Crippen molar-refractivity contribution in [2.45, 2.75) is 26.8 Å². The van der Waals surface area contributed by atoms with E-state index in [-0.39, 0.29) is 27.9 Å². The number of halogens is 2. The lowest BCUT2D eigenvalue weighted by atomic mass is 9.99. The third-order valence-electron chi connectivity index (χ3n) is 5.72. The lowest BCUT2D eigenvalue weighted by Crippen LogP contribution is -2.13. The number of pyridine rings is 2. The highest BCUT2D eigenvalue weighted by Crippen LogP contribution is 2.34. The fraction of sp³-hybridized carbons (Fsp3) is 0.160. The Hall–Kier alpha value is -4.31. The van der Waals surface area contributed by atoms with Gasteiger partial charge >= 0.3 is 5.76 Å². The van der Waals surface area contributed by atoms with Crippen LogP contribution in [0.4, 0.5) is 10.1 Å². The summed E-state index contributed by atoms with van der Waals surface area (Å²) in [5.41, 5.74) is 3.17. The molecule has 9 nitrogen and oxygen atoms in total. The largest absolute Gasteiger partial charge is 0.455 e. The predicted molar refractivity (Wildman–Crippen MR) is 133 cm³/mol. The van der Waals surface area contributed by atoms with Crippen LogP contribution in [0.5, 0.6) is 0 Å². The summed E-state index contributed by atoms with van der Waals surface area (Å²) in [6, 6.07) is 7.79. The zero-order valence-electron chi connectivity index (χ0n) is 19.3. The number of hydrogen-bond acceptors (Lipinski definition) is 8. The van der Waals surface area contributed by atoms with Gasteiger partial charge in [-0.1, -0.05) is 22.8 Å². The van der Waals surface area contributed by atoms with Crippen molar-refractivity contribution in [1.29, 1.82) is 0 Å². The molecule has 1 unspecified atom stereocenters.